The van der Waals surface area contributed by atoms with Crippen LogP contribution in [0.2, 0.25) is 0 Å². The quantitative estimate of drug-likeness (QED) is 0.112. The van der Waals surface area contributed by atoms with E-state index in [-0.39, 0.29) is 12.1 Å². The highest BCUT2D eigenvalue weighted by Gasteiger charge is 2.45. The van der Waals surface area contributed by atoms with Gasteiger partial charge in [0.05, 0.1) is 0 Å². The van der Waals surface area contributed by atoms with Crippen LogP contribution in [0.3, 0.4) is 0 Å². The fourth-order valence-electron chi connectivity index (χ4n) is 9.84. The summed E-state index contributed by atoms with van der Waals surface area (Å²) in [6, 6.07) is 47.2. The van der Waals surface area contributed by atoms with Crippen molar-refractivity contribution in [3.63, 3.8) is 0 Å². The minimum atomic E-state index is -0.0198. The molecule has 0 saturated carbocycles. The van der Waals surface area contributed by atoms with Gasteiger partial charge in [0.1, 0.15) is 0 Å². The van der Waals surface area contributed by atoms with Crippen LogP contribution in [0.5, 0.6) is 0 Å². The molecule has 6 aromatic carbocycles. The fraction of sp³-hybridized carbons (Fsp3) is 0.208. The van der Waals surface area contributed by atoms with Crippen molar-refractivity contribution < 1.29 is 0 Å². The lowest BCUT2D eigenvalue weighted by Gasteiger charge is -2.34. The Balaban J connectivity index is 1.08. The summed E-state index contributed by atoms with van der Waals surface area (Å²) in [5.41, 5.74) is 21.2. The highest BCUT2D eigenvalue weighted by molar-refractivity contribution is 6.96. The van der Waals surface area contributed by atoms with Gasteiger partial charge in [0.25, 0.3) is 0 Å². The molecule has 0 aromatic heterocycles. The lowest BCUT2D eigenvalue weighted by atomic mass is 9.34. The van der Waals surface area contributed by atoms with E-state index in [1.165, 1.54) is 89.1 Å². The molecule has 0 saturated heterocycles. The van der Waals surface area contributed by atoms with Crippen molar-refractivity contribution in [1.29, 1.82) is 0 Å². The predicted octanol–water partition coefficient (Wildman–Crippen LogP) is 11.5. The van der Waals surface area contributed by atoms with Crippen molar-refractivity contribution in [3.05, 3.63) is 207 Å². The molecule has 2 aliphatic rings. The van der Waals surface area contributed by atoms with E-state index in [4.69, 9.17) is 0 Å². The molecule has 1 nitrogen and oxygen atoms in total. The molecule has 2 heteroatoms. The molecule has 1 unspecified atom stereocenters. The molecule has 8 rings (SSSR count). The molecule has 0 fully saturated rings. The van der Waals surface area contributed by atoms with Gasteiger partial charge in [-0.1, -0.05) is 191 Å². The maximum absolute atomic E-state index is 2.52. The first-order chi connectivity index (χ1) is 26.5. The van der Waals surface area contributed by atoms with Gasteiger partial charge in [0.15, 0.2) is 0 Å². The molecular formula is C53H52BN. The van der Waals surface area contributed by atoms with E-state index in [2.05, 4.69) is 218 Å². The molecule has 55 heavy (non-hydrogen) atoms. The molecule has 2 aliphatic carbocycles. The van der Waals surface area contributed by atoms with Crippen molar-refractivity contribution in [3.8, 4) is 0 Å². The van der Waals surface area contributed by atoms with E-state index < -0.39 is 0 Å². The Morgan fingerprint density at radius 1 is 0.564 bits per heavy atom. The van der Waals surface area contributed by atoms with Crippen LogP contribution in [0.15, 0.2) is 151 Å². The molecule has 0 radical (unpaired) electrons. The summed E-state index contributed by atoms with van der Waals surface area (Å²) < 4.78 is 0. The number of hydrogen-bond acceptors (Lipinski definition) is 1. The Hall–Kier alpha value is -5.60. The number of rotatable bonds is 8. The summed E-state index contributed by atoms with van der Waals surface area (Å²) in [6.45, 7) is 18.6. The van der Waals surface area contributed by atoms with Gasteiger partial charge in [-0.2, -0.15) is 0 Å². The standard InChI is InChI=1S/C53H52BN/c1-35-29-37(3)51(38(4)30-35)54(52-39(5)31-36(2)32-40(52)6)43-24-21-41(22-25-43)19-20-42-23-27-47-48-28-26-46(34-50(48)53(7,8)49(47)33-42)55(44-15-11-9-12-16-44)45-17-13-10-14-18-45/h9-34,48,50H,1-8H3/b20-19+/t48-,50?/m1/s1. The number of aryl methyl sites for hydroxylation is 6. The number of hydrogen-bond donors (Lipinski definition) is 0. The molecule has 0 heterocycles. The van der Waals surface area contributed by atoms with E-state index >= 15 is 0 Å². The summed E-state index contributed by atoms with van der Waals surface area (Å²) in [4.78, 5) is 2.39. The van der Waals surface area contributed by atoms with Gasteiger partial charge in [-0.25, -0.2) is 0 Å². The maximum Gasteiger partial charge on any atom is 0.242 e. The molecule has 0 aliphatic heterocycles. The molecule has 0 bridgehead atoms. The average molecular weight is 714 g/mol. The normalized spacial score (nSPS) is 16.8. The summed E-state index contributed by atoms with van der Waals surface area (Å²) in [5.74, 6) is 0.723. The number of nitrogens with zero attached hydrogens (tertiary/aromatic N) is 1. The lowest BCUT2D eigenvalue weighted by Crippen LogP contribution is -2.55. The number of anilines is 2. The van der Waals surface area contributed by atoms with Crippen LogP contribution in [-0.4, -0.2) is 6.71 Å². The van der Waals surface area contributed by atoms with Gasteiger partial charge in [-0.3, -0.25) is 0 Å². The van der Waals surface area contributed by atoms with Crippen molar-refractivity contribution in [2.45, 2.75) is 66.7 Å². The second-order valence-electron chi connectivity index (χ2n) is 16.6. The van der Waals surface area contributed by atoms with Gasteiger partial charge in [-0.15, -0.1) is 0 Å². The SMILES string of the molecule is Cc1cc(C)c(B(c2ccc(/C=C/c3ccc4c(c3)C(C)(C)C3C=C(N(c5ccccc5)c5ccccc5)C=C[C@H]43)cc2)c2c(C)cc(C)cc2C)c(C)c1. The zero-order valence-corrected chi connectivity index (χ0v) is 33.7. The predicted molar refractivity (Wildman–Crippen MR) is 239 cm³/mol. The Morgan fingerprint density at radius 2 is 1.05 bits per heavy atom. The monoisotopic (exact) mass is 713 g/mol. The van der Waals surface area contributed by atoms with Crippen LogP contribution >= 0.6 is 0 Å². The fourth-order valence-corrected chi connectivity index (χ4v) is 9.84. The highest BCUT2D eigenvalue weighted by atomic mass is 15.1. The van der Waals surface area contributed by atoms with Gasteiger partial charge < -0.3 is 4.90 Å². The van der Waals surface area contributed by atoms with Gasteiger partial charge in [-0.05, 0) is 105 Å². The third kappa shape index (κ3) is 6.84. The maximum atomic E-state index is 2.52. The third-order valence-corrected chi connectivity index (χ3v) is 12.3. The summed E-state index contributed by atoms with van der Waals surface area (Å²) in [5, 5.41) is 0. The van der Waals surface area contributed by atoms with E-state index in [1.54, 1.807) is 0 Å². The third-order valence-electron chi connectivity index (χ3n) is 12.3. The number of benzene rings is 6. The van der Waals surface area contributed by atoms with Gasteiger partial charge in [0, 0.05) is 23.0 Å². The Morgan fingerprint density at radius 3 is 1.58 bits per heavy atom. The number of para-hydroxylation sites is 2. The lowest BCUT2D eigenvalue weighted by molar-refractivity contribution is 0.392. The van der Waals surface area contributed by atoms with Crippen molar-refractivity contribution in [2.75, 3.05) is 4.90 Å². The minimum absolute atomic E-state index is 0.0198. The highest BCUT2D eigenvalue weighted by Crippen LogP contribution is 2.54. The van der Waals surface area contributed by atoms with E-state index in [0.29, 0.717) is 11.8 Å². The first-order valence-electron chi connectivity index (χ1n) is 19.9. The molecule has 0 spiro atoms. The second-order valence-corrected chi connectivity index (χ2v) is 16.6. The van der Waals surface area contributed by atoms with Crippen LogP contribution in [0, 0.1) is 47.5 Å². The Bertz CT molecular complexity index is 2320. The molecule has 0 N–H and O–H groups in total. The molecular weight excluding hydrogens is 661 g/mol. The second kappa shape index (κ2) is 14.6. The Labute approximate surface area is 329 Å². The summed E-state index contributed by atoms with van der Waals surface area (Å²) in [6.07, 6.45) is 11.9. The Kier molecular flexibility index (Phi) is 9.64. The van der Waals surface area contributed by atoms with Crippen LogP contribution in [0.1, 0.15) is 75.4 Å². The van der Waals surface area contributed by atoms with Crippen LogP contribution < -0.4 is 21.3 Å². The van der Waals surface area contributed by atoms with Crippen LogP contribution in [-0.2, 0) is 5.41 Å². The van der Waals surface area contributed by atoms with Gasteiger partial charge in [0.2, 0.25) is 6.71 Å². The average Bonchev–Trinajstić information content (AvgIpc) is 3.39. The number of allylic oxidation sites excluding steroid dienone is 3. The van der Waals surface area contributed by atoms with E-state index in [1.807, 2.05) is 0 Å². The van der Waals surface area contributed by atoms with Crippen molar-refractivity contribution in [1.82, 2.24) is 0 Å². The van der Waals surface area contributed by atoms with Gasteiger partial charge >= 0.3 is 0 Å². The topological polar surface area (TPSA) is 3.24 Å². The number of fused-ring (bicyclic) bond motifs is 3. The smallest absolute Gasteiger partial charge is 0.242 e. The summed E-state index contributed by atoms with van der Waals surface area (Å²) in [7, 11) is 0. The van der Waals surface area contributed by atoms with E-state index in [0.717, 1.165) is 0 Å². The molecule has 0 amide bonds. The first-order valence-corrected chi connectivity index (χ1v) is 19.9. The zero-order valence-electron chi connectivity index (χ0n) is 33.7. The summed E-state index contributed by atoms with van der Waals surface area (Å²) >= 11 is 0. The van der Waals surface area contributed by atoms with E-state index in [9.17, 15) is 0 Å². The first kappa shape index (κ1) is 36.4. The van der Waals surface area contributed by atoms with Crippen molar-refractivity contribution >= 4 is 46.6 Å². The van der Waals surface area contributed by atoms with Crippen molar-refractivity contribution in [2.24, 2.45) is 5.92 Å². The molecule has 6 aromatic rings. The largest absolute Gasteiger partial charge is 0.311 e. The molecule has 272 valence electrons. The van der Waals surface area contributed by atoms with Crippen LogP contribution in [0.25, 0.3) is 12.2 Å². The molecule has 2 atom stereocenters. The zero-order chi connectivity index (χ0) is 38.4. The minimum Gasteiger partial charge on any atom is -0.311 e. The van der Waals surface area contributed by atoms with Crippen LogP contribution in [0.4, 0.5) is 11.4 Å².